The lowest BCUT2D eigenvalue weighted by atomic mass is 10.0. The molecule has 1 aliphatic heterocycles. The first-order valence-corrected chi connectivity index (χ1v) is 5.91. The standard InChI is InChI=1S/C11H10N2.C2HF3O2/c12-5-7-1-2-11-10(3-7)9-4-8(9)6-13-11;3-2(4,5)1(6)7/h1-3,8-9,13H,4,6H2;(H,6,7). The maximum Gasteiger partial charge on any atom is 0.490 e. The maximum atomic E-state index is 10.6. The first-order valence-electron chi connectivity index (χ1n) is 5.91. The normalized spacial score (nSPS) is 22.1. The third-order valence-electron chi connectivity index (χ3n) is 3.30. The van der Waals surface area contributed by atoms with E-state index in [0.29, 0.717) is 0 Å². The fraction of sp³-hybridized carbons (Fsp3) is 0.385. The lowest BCUT2D eigenvalue weighted by molar-refractivity contribution is -0.192. The van der Waals surface area contributed by atoms with Gasteiger partial charge in [-0.3, -0.25) is 0 Å². The van der Waals surface area contributed by atoms with Gasteiger partial charge in [0.1, 0.15) is 0 Å². The largest absolute Gasteiger partial charge is 0.490 e. The fourth-order valence-electron chi connectivity index (χ4n) is 2.20. The van der Waals surface area contributed by atoms with Gasteiger partial charge in [-0.2, -0.15) is 18.4 Å². The van der Waals surface area contributed by atoms with Crippen LogP contribution >= 0.6 is 0 Å². The number of halogens is 3. The minimum absolute atomic E-state index is 0.740. The van der Waals surface area contributed by atoms with Crippen LogP contribution in [0.25, 0.3) is 0 Å². The van der Waals surface area contributed by atoms with Gasteiger partial charge in [-0.15, -0.1) is 0 Å². The summed E-state index contributed by atoms with van der Waals surface area (Å²) in [6.45, 7) is 1.11. The van der Waals surface area contributed by atoms with E-state index in [1.54, 1.807) is 0 Å². The van der Waals surface area contributed by atoms with Crippen LogP contribution in [0.5, 0.6) is 0 Å². The highest BCUT2D eigenvalue weighted by Crippen LogP contribution is 2.52. The molecule has 2 unspecified atom stereocenters. The molecule has 3 rings (SSSR count). The third kappa shape index (κ3) is 3.02. The molecule has 1 aromatic rings. The molecule has 0 bridgehead atoms. The lowest BCUT2D eigenvalue weighted by Gasteiger charge is -2.16. The van der Waals surface area contributed by atoms with E-state index in [1.807, 2.05) is 18.2 Å². The SMILES string of the molecule is N#Cc1ccc2c(c1)C1CC1CN2.O=C(O)C(F)(F)F. The number of alkyl halides is 3. The molecule has 1 aromatic carbocycles. The Hall–Kier alpha value is -2.23. The zero-order valence-corrected chi connectivity index (χ0v) is 10.2. The molecular formula is C13H11F3N2O2. The number of fused-ring (bicyclic) bond motifs is 3. The van der Waals surface area contributed by atoms with Gasteiger partial charge in [0, 0.05) is 12.2 Å². The van der Waals surface area contributed by atoms with Gasteiger partial charge in [-0.05, 0) is 42.0 Å². The van der Waals surface area contributed by atoms with Crippen LogP contribution in [0, 0.1) is 17.2 Å². The predicted octanol–water partition coefficient (Wildman–Crippen LogP) is 2.72. The molecular weight excluding hydrogens is 273 g/mol. The summed E-state index contributed by atoms with van der Waals surface area (Å²) < 4.78 is 31.7. The number of aliphatic carboxylic acids is 1. The van der Waals surface area contributed by atoms with E-state index < -0.39 is 12.1 Å². The van der Waals surface area contributed by atoms with Crippen molar-refractivity contribution in [3.63, 3.8) is 0 Å². The van der Waals surface area contributed by atoms with Crippen molar-refractivity contribution < 1.29 is 23.1 Å². The van der Waals surface area contributed by atoms with Crippen molar-refractivity contribution >= 4 is 11.7 Å². The number of carboxylic acid groups (broad SMARTS) is 1. The van der Waals surface area contributed by atoms with E-state index in [4.69, 9.17) is 15.2 Å². The molecule has 2 atom stereocenters. The van der Waals surface area contributed by atoms with Gasteiger partial charge in [0.05, 0.1) is 11.6 Å². The van der Waals surface area contributed by atoms with Gasteiger partial charge >= 0.3 is 12.1 Å². The van der Waals surface area contributed by atoms with Crippen LogP contribution in [0.1, 0.15) is 23.5 Å². The fourth-order valence-corrected chi connectivity index (χ4v) is 2.20. The summed E-state index contributed by atoms with van der Waals surface area (Å²) in [6.07, 6.45) is -3.78. The summed E-state index contributed by atoms with van der Waals surface area (Å²) in [6, 6.07) is 8.14. The van der Waals surface area contributed by atoms with Gasteiger partial charge in [-0.25, -0.2) is 4.79 Å². The van der Waals surface area contributed by atoms with Gasteiger partial charge < -0.3 is 10.4 Å². The molecule has 7 heteroatoms. The van der Waals surface area contributed by atoms with Crippen molar-refractivity contribution in [3.8, 4) is 6.07 Å². The Labute approximate surface area is 112 Å². The molecule has 106 valence electrons. The third-order valence-corrected chi connectivity index (χ3v) is 3.30. The summed E-state index contributed by atoms with van der Waals surface area (Å²) >= 11 is 0. The highest BCUT2D eigenvalue weighted by Gasteiger charge is 2.42. The number of nitrogens with zero attached hydrogens (tertiary/aromatic N) is 1. The number of benzene rings is 1. The summed E-state index contributed by atoms with van der Waals surface area (Å²) in [5.41, 5.74) is 3.38. The Morgan fingerprint density at radius 1 is 1.45 bits per heavy atom. The molecule has 1 fully saturated rings. The van der Waals surface area contributed by atoms with Gasteiger partial charge in [0.25, 0.3) is 0 Å². The van der Waals surface area contributed by atoms with Crippen molar-refractivity contribution in [3.05, 3.63) is 29.3 Å². The maximum absolute atomic E-state index is 10.6. The average molecular weight is 284 g/mol. The van der Waals surface area contributed by atoms with Crippen LogP contribution in [0.3, 0.4) is 0 Å². The number of rotatable bonds is 0. The summed E-state index contributed by atoms with van der Waals surface area (Å²) in [5, 5.41) is 19.3. The highest BCUT2D eigenvalue weighted by atomic mass is 19.4. The van der Waals surface area contributed by atoms with Crippen molar-refractivity contribution in [2.24, 2.45) is 5.92 Å². The number of hydrogen-bond donors (Lipinski definition) is 2. The molecule has 0 aromatic heterocycles. The molecule has 4 nitrogen and oxygen atoms in total. The second kappa shape index (κ2) is 5.04. The monoisotopic (exact) mass is 284 g/mol. The zero-order chi connectivity index (χ0) is 14.9. The van der Waals surface area contributed by atoms with Crippen molar-refractivity contribution in [2.45, 2.75) is 18.5 Å². The number of hydrogen-bond acceptors (Lipinski definition) is 3. The van der Waals surface area contributed by atoms with E-state index in [-0.39, 0.29) is 0 Å². The molecule has 20 heavy (non-hydrogen) atoms. The second-order valence-electron chi connectivity index (χ2n) is 4.70. The van der Waals surface area contributed by atoms with Gasteiger partial charge in [-0.1, -0.05) is 0 Å². The minimum atomic E-state index is -5.08. The number of anilines is 1. The Bertz CT molecular complexity index is 578. The summed E-state index contributed by atoms with van der Waals surface area (Å²) in [7, 11) is 0. The van der Waals surface area contributed by atoms with E-state index in [1.165, 1.54) is 17.7 Å². The Morgan fingerprint density at radius 3 is 2.65 bits per heavy atom. The summed E-state index contributed by atoms with van der Waals surface area (Å²) in [5.74, 6) is -1.18. The predicted molar refractivity (Wildman–Crippen MR) is 64.2 cm³/mol. The molecule has 0 saturated heterocycles. The van der Waals surface area contributed by atoms with Crippen molar-refractivity contribution in [1.82, 2.24) is 0 Å². The van der Waals surface area contributed by atoms with E-state index in [0.717, 1.165) is 23.9 Å². The zero-order valence-electron chi connectivity index (χ0n) is 10.2. The molecule has 0 radical (unpaired) electrons. The van der Waals surface area contributed by atoms with Crippen LogP contribution in [0.15, 0.2) is 18.2 Å². The number of nitriles is 1. The van der Waals surface area contributed by atoms with Crippen molar-refractivity contribution in [2.75, 3.05) is 11.9 Å². The Morgan fingerprint density at radius 2 is 2.10 bits per heavy atom. The molecule has 1 aliphatic carbocycles. The molecule has 0 spiro atoms. The number of nitrogens with one attached hydrogen (secondary N) is 1. The van der Waals surface area contributed by atoms with Crippen LogP contribution in [-0.4, -0.2) is 23.8 Å². The van der Waals surface area contributed by atoms with E-state index in [2.05, 4.69) is 11.4 Å². The van der Waals surface area contributed by atoms with Crippen LogP contribution in [0.2, 0.25) is 0 Å². The molecule has 1 saturated carbocycles. The van der Waals surface area contributed by atoms with Crippen LogP contribution in [-0.2, 0) is 4.79 Å². The Balaban J connectivity index is 0.000000182. The Kier molecular flexibility index (Phi) is 3.57. The van der Waals surface area contributed by atoms with Gasteiger partial charge in [0.15, 0.2) is 0 Å². The summed E-state index contributed by atoms with van der Waals surface area (Å²) in [4.78, 5) is 8.90. The van der Waals surface area contributed by atoms with Crippen LogP contribution in [0.4, 0.5) is 18.9 Å². The number of carbonyl (C=O) groups is 1. The topological polar surface area (TPSA) is 73.1 Å². The van der Waals surface area contributed by atoms with Crippen molar-refractivity contribution in [1.29, 1.82) is 5.26 Å². The number of carboxylic acids is 1. The first kappa shape index (κ1) is 14.2. The first-order chi connectivity index (χ1) is 9.32. The molecule has 2 N–H and O–H groups in total. The quantitative estimate of drug-likeness (QED) is 0.768. The molecule has 1 heterocycles. The molecule has 0 amide bonds. The second-order valence-corrected chi connectivity index (χ2v) is 4.70. The average Bonchev–Trinajstić information content (AvgIpc) is 3.17. The smallest absolute Gasteiger partial charge is 0.475 e. The highest BCUT2D eigenvalue weighted by molar-refractivity contribution is 5.73. The molecule has 2 aliphatic rings. The van der Waals surface area contributed by atoms with Crippen LogP contribution < -0.4 is 5.32 Å². The lowest BCUT2D eigenvalue weighted by Crippen LogP contribution is -2.21. The van der Waals surface area contributed by atoms with Gasteiger partial charge in [0.2, 0.25) is 0 Å². The minimum Gasteiger partial charge on any atom is -0.475 e. The van der Waals surface area contributed by atoms with E-state index in [9.17, 15) is 13.2 Å². The van der Waals surface area contributed by atoms with E-state index >= 15 is 0 Å².